The molecule has 9 heavy (non-hydrogen) atoms. The Bertz CT molecular complexity index is 97.1. The van der Waals surface area contributed by atoms with Gasteiger partial charge in [-0.25, -0.2) is 0 Å². The summed E-state index contributed by atoms with van der Waals surface area (Å²) in [4.78, 5) is 19.3. The summed E-state index contributed by atoms with van der Waals surface area (Å²) in [7, 11) is 0. The van der Waals surface area contributed by atoms with Crippen molar-refractivity contribution in [3.63, 3.8) is 0 Å². The minimum atomic E-state index is -1.08. The van der Waals surface area contributed by atoms with E-state index in [0.717, 1.165) is 0 Å². The molecular weight excluding hydrogens is 213 g/mol. The minimum Gasteiger partial charge on any atom is -0.481 e. The van der Waals surface area contributed by atoms with E-state index in [9.17, 15) is 9.59 Å². The Morgan fingerprint density at radius 2 is 1.22 bits per heavy atom. The monoisotopic (exact) mass is 220 g/mol. The van der Waals surface area contributed by atoms with Gasteiger partial charge < -0.3 is 10.2 Å². The van der Waals surface area contributed by atoms with Crippen molar-refractivity contribution in [1.29, 1.82) is 0 Å². The van der Waals surface area contributed by atoms with E-state index in [1.165, 1.54) is 0 Å². The van der Waals surface area contributed by atoms with Crippen molar-refractivity contribution in [1.82, 2.24) is 0 Å². The maximum Gasteiger partial charge on any atom is 0.303 e. The fourth-order valence-corrected chi connectivity index (χ4v) is 0.214. The van der Waals surface area contributed by atoms with Gasteiger partial charge in [0.15, 0.2) is 0 Å². The molecule has 0 radical (unpaired) electrons. The number of hydrogen-bond donors (Lipinski definition) is 2. The second kappa shape index (κ2) is 5.70. The van der Waals surface area contributed by atoms with Crippen LogP contribution in [0.1, 0.15) is 12.8 Å². The van der Waals surface area contributed by atoms with Crippen LogP contribution in [0.4, 0.5) is 0 Å². The molecule has 0 atom stereocenters. The largest absolute Gasteiger partial charge is 0.481 e. The average molecular weight is 219 g/mol. The molecular formula is C4H6O4Ru. The number of carboxylic acids is 2. The Kier molecular flexibility index (Phi) is 7.20. The van der Waals surface area contributed by atoms with Crippen molar-refractivity contribution < 1.29 is 39.3 Å². The van der Waals surface area contributed by atoms with Crippen molar-refractivity contribution in [2.45, 2.75) is 12.8 Å². The quantitative estimate of drug-likeness (QED) is 0.652. The van der Waals surface area contributed by atoms with Gasteiger partial charge in [-0.05, 0) is 0 Å². The predicted molar refractivity (Wildman–Crippen MR) is 24.5 cm³/mol. The minimum absolute atomic E-state index is 0. The third-order valence-corrected chi connectivity index (χ3v) is 0.553. The van der Waals surface area contributed by atoms with E-state index >= 15 is 0 Å². The standard InChI is InChI=1S/C4H6O4.Ru/c5-3(6)1-2-4(7)8;/h1-2H2,(H,5,6)(H,7,8);. The van der Waals surface area contributed by atoms with Crippen molar-refractivity contribution >= 4 is 11.9 Å². The molecule has 0 fully saturated rings. The predicted octanol–water partition coefficient (Wildman–Crippen LogP) is -0.0667. The van der Waals surface area contributed by atoms with Gasteiger partial charge in [0.1, 0.15) is 0 Å². The maximum absolute atomic E-state index is 9.64. The molecule has 0 saturated carbocycles. The number of hydrogen-bond acceptors (Lipinski definition) is 2. The molecule has 0 amide bonds. The van der Waals surface area contributed by atoms with Crippen LogP contribution in [0.2, 0.25) is 0 Å². The maximum atomic E-state index is 9.64. The summed E-state index contributed by atoms with van der Waals surface area (Å²) in [5, 5.41) is 15.8. The van der Waals surface area contributed by atoms with Crippen LogP contribution in [0, 0.1) is 0 Å². The summed E-state index contributed by atoms with van der Waals surface area (Å²) in [5.41, 5.74) is 0. The number of carboxylic acid groups (broad SMARTS) is 2. The topological polar surface area (TPSA) is 74.6 Å². The van der Waals surface area contributed by atoms with Gasteiger partial charge in [-0.3, -0.25) is 9.59 Å². The molecule has 0 aliphatic rings. The first kappa shape index (κ1) is 11.4. The molecule has 0 bridgehead atoms. The van der Waals surface area contributed by atoms with Gasteiger partial charge in [-0.1, -0.05) is 0 Å². The third kappa shape index (κ3) is 11.2. The molecule has 0 aromatic rings. The summed E-state index contributed by atoms with van der Waals surface area (Å²) in [6.45, 7) is 0. The molecule has 0 rings (SSSR count). The number of carbonyl (C=O) groups is 2. The van der Waals surface area contributed by atoms with Crippen LogP contribution >= 0.6 is 0 Å². The summed E-state index contributed by atoms with van der Waals surface area (Å²) in [6.07, 6.45) is -0.593. The SMILES string of the molecule is O=C(O)CCC(=O)O.[Ru]. The fourth-order valence-electron chi connectivity index (χ4n) is 0.214. The van der Waals surface area contributed by atoms with Gasteiger partial charge in [0.2, 0.25) is 0 Å². The smallest absolute Gasteiger partial charge is 0.303 e. The van der Waals surface area contributed by atoms with E-state index in [1.807, 2.05) is 0 Å². The van der Waals surface area contributed by atoms with E-state index in [1.54, 1.807) is 0 Å². The molecule has 5 heteroatoms. The van der Waals surface area contributed by atoms with E-state index in [2.05, 4.69) is 0 Å². The summed E-state index contributed by atoms with van der Waals surface area (Å²) < 4.78 is 0. The van der Waals surface area contributed by atoms with Crippen LogP contribution in [0.15, 0.2) is 0 Å². The van der Waals surface area contributed by atoms with Crippen LogP contribution in [0.5, 0.6) is 0 Å². The zero-order valence-corrected chi connectivity index (χ0v) is 6.22. The van der Waals surface area contributed by atoms with Crippen molar-refractivity contribution in [2.24, 2.45) is 0 Å². The first-order chi connectivity index (χ1) is 3.63. The van der Waals surface area contributed by atoms with Gasteiger partial charge in [-0.15, -0.1) is 0 Å². The second-order valence-electron chi connectivity index (χ2n) is 1.29. The summed E-state index contributed by atoms with van der Waals surface area (Å²) >= 11 is 0. The molecule has 0 aromatic heterocycles. The van der Waals surface area contributed by atoms with Crippen LogP contribution in [-0.4, -0.2) is 22.2 Å². The zero-order chi connectivity index (χ0) is 6.57. The Balaban J connectivity index is 0. The van der Waals surface area contributed by atoms with Crippen molar-refractivity contribution in [2.75, 3.05) is 0 Å². The molecule has 0 aliphatic carbocycles. The zero-order valence-electron chi connectivity index (χ0n) is 4.48. The normalized spacial score (nSPS) is 7.56. The van der Waals surface area contributed by atoms with Gasteiger partial charge in [0.05, 0.1) is 12.8 Å². The van der Waals surface area contributed by atoms with Crippen molar-refractivity contribution in [3.8, 4) is 0 Å². The van der Waals surface area contributed by atoms with Gasteiger partial charge in [0, 0.05) is 19.5 Å². The molecule has 2 N–H and O–H groups in total. The second-order valence-corrected chi connectivity index (χ2v) is 1.29. The Hall–Kier alpha value is -0.437. The number of aliphatic carboxylic acids is 2. The fraction of sp³-hybridized carbons (Fsp3) is 0.500. The Morgan fingerprint density at radius 3 is 1.33 bits per heavy atom. The molecule has 0 aliphatic heterocycles. The summed E-state index contributed by atoms with van der Waals surface area (Å²) in [6, 6.07) is 0. The molecule has 54 valence electrons. The summed E-state index contributed by atoms with van der Waals surface area (Å²) in [5.74, 6) is -2.15. The van der Waals surface area contributed by atoms with Gasteiger partial charge in [0.25, 0.3) is 0 Å². The van der Waals surface area contributed by atoms with Crippen LogP contribution < -0.4 is 0 Å². The van der Waals surface area contributed by atoms with Gasteiger partial charge >= 0.3 is 11.9 Å². The molecule has 0 aromatic carbocycles. The van der Waals surface area contributed by atoms with E-state index in [-0.39, 0.29) is 32.3 Å². The molecule has 0 unspecified atom stereocenters. The number of rotatable bonds is 3. The van der Waals surface area contributed by atoms with Gasteiger partial charge in [-0.2, -0.15) is 0 Å². The average Bonchev–Trinajstić information content (AvgIpc) is 1.61. The molecule has 0 saturated heterocycles. The van der Waals surface area contributed by atoms with Crippen molar-refractivity contribution in [3.05, 3.63) is 0 Å². The molecule has 4 nitrogen and oxygen atoms in total. The molecule has 0 heterocycles. The van der Waals surface area contributed by atoms with Crippen LogP contribution in [0.25, 0.3) is 0 Å². The van der Waals surface area contributed by atoms with Crippen LogP contribution in [-0.2, 0) is 29.1 Å². The van der Waals surface area contributed by atoms with E-state index in [0.29, 0.717) is 0 Å². The Morgan fingerprint density at radius 1 is 1.00 bits per heavy atom. The first-order valence-electron chi connectivity index (χ1n) is 2.06. The van der Waals surface area contributed by atoms with Crippen LogP contribution in [0.3, 0.4) is 0 Å². The van der Waals surface area contributed by atoms with E-state index in [4.69, 9.17) is 10.2 Å². The third-order valence-electron chi connectivity index (χ3n) is 0.553. The first-order valence-corrected chi connectivity index (χ1v) is 2.06. The Labute approximate surface area is 64.6 Å². The van der Waals surface area contributed by atoms with E-state index < -0.39 is 11.9 Å². The molecule has 0 spiro atoms.